The standard InChI is InChI=1S/C17H19F3N4O3S2/c18-17(19,20)13-3-1-2-4-14(13)29(26,27)22-6-5-15(25)23-8-10-24(11-9-23)16-21-7-12-28-16/h1-4,7,12,22H,5-6,8-11H2. The topological polar surface area (TPSA) is 82.6 Å². The number of hydrogen-bond acceptors (Lipinski definition) is 6. The van der Waals surface area contributed by atoms with Crippen molar-refractivity contribution in [3.05, 3.63) is 41.4 Å². The van der Waals surface area contributed by atoms with E-state index in [9.17, 15) is 26.4 Å². The summed E-state index contributed by atoms with van der Waals surface area (Å²) in [4.78, 5) is 19.4. The Morgan fingerprint density at radius 3 is 2.48 bits per heavy atom. The summed E-state index contributed by atoms with van der Waals surface area (Å²) in [5.41, 5.74) is -1.24. The van der Waals surface area contributed by atoms with E-state index < -0.39 is 26.7 Å². The van der Waals surface area contributed by atoms with Crippen LogP contribution in [0.25, 0.3) is 0 Å². The summed E-state index contributed by atoms with van der Waals surface area (Å²) in [6.07, 6.45) is -3.22. The fourth-order valence-corrected chi connectivity index (χ4v) is 4.94. The number of sulfonamides is 1. The maximum absolute atomic E-state index is 13.0. The van der Waals surface area contributed by atoms with Gasteiger partial charge in [0.1, 0.15) is 0 Å². The van der Waals surface area contributed by atoms with Crippen LogP contribution in [0, 0.1) is 0 Å². The molecule has 0 spiro atoms. The quantitative estimate of drug-likeness (QED) is 0.733. The molecule has 2 heterocycles. The number of carbonyl (C=O) groups is 1. The normalized spacial score (nSPS) is 15.6. The number of carbonyl (C=O) groups excluding carboxylic acids is 1. The van der Waals surface area contributed by atoms with E-state index in [2.05, 4.69) is 14.6 Å². The Kier molecular flexibility index (Phi) is 6.44. The summed E-state index contributed by atoms with van der Waals surface area (Å²) in [7, 11) is -4.39. The van der Waals surface area contributed by atoms with Crippen LogP contribution in [-0.2, 0) is 21.0 Å². The maximum atomic E-state index is 13.0. The Hall–Kier alpha value is -2.18. The minimum Gasteiger partial charge on any atom is -0.345 e. The molecule has 158 valence electrons. The number of alkyl halides is 3. The number of benzene rings is 1. The van der Waals surface area contributed by atoms with Crippen LogP contribution < -0.4 is 9.62 Å². The SMILES string of the molecule is O=C(CCNS(=O)(=O)c1ccccc1C(F)(F)F)N1CCN(c2nccs2)CC1. The molecule has 12 heteroatoms. The van der Waals surface area contributed by atoms with Crippen molar-refractivity contribution in [2.45, 2.75) is 17.5 Å². The Morgan fingerprint density at radius 2 is 1.86 bits per heavy atom. The number of halogens is 3. The lowest BCUT2D eigenvalue weighted by molar-refractivity contribution is -0.140. The second kappa shape index (κ2) is 8.67. The number of amides is 1. The fraction of sp³-hybridized carbons (Fsp3) is 0.412. The summed E-state index contributed by atoms with van der Waals surface area (Å²) in [6.45, 7) is 1.90. The Bertz CT molecular complexity index is 941. The largest absolute Gasteiger partial charge is 0.417 e. The molecule has 29 heavy (non-hydrogen) atoms. The van der Waals surface area contributed by atoms with Gasteiger partial charge < -0.3 is 9.80 Å². The number of nitrogens with one attached hydrogen (secondary N) is 1. The lowest BCUT2D eigenvalue weighted by Crippen LogP contribution is -2.49. The van der Waals surface area contributed by atoms with E-state index in [0.717, 1.165) is 17.3 Å². The molecule has 0 saturated carbocycles. The third-order valence-electron chi connectivity index (χ3n) is 4.44. The van der Waals surface area contributed by atoms with E-state index in [-0.39, 0.29) is 18.9 Å². The van der Waals surface area contributed by atoms with E-state index in [1.807, 2.05) is 5.38 Å². The van der Waals surface area contributed by atoms with Crippen molar-refractivity contribution in [2.75, 3.05) is 37.6 Å². The number of rotatable bonds is 6. The van der Waals surface area contributed by atoms with Crippen LogP contribution in [0.5, 0.6) is 0 Å². The third-order valence-corrected chi connectivity index (χ3v) is 6.79. The van der Waals surface area contributed by atoms with Gasteiger partial charge in [-0.15, -0.1) is 11.3 Å². The van der Waals surface area contributed by atoms with Crippen LogP contribution >= 0.6 is 11.3 Å². The van der Waals surface area contributed by atoms with Crippen molar-refractivity contribution < 1.29 is 26.4 Å². The van der Waals surface area contributed by atoms with Crippen molar-refractivity contribution in [1.82, 2.24) is 14.6 Å². The molecule has 7 nitrogen and oxygen atoms in total. The van der Waals surface area contributed by atoms with Crippen LogP contribution in [-0.4, -0.2) is 56.9 Å². The highest BCUT2D eigenvalue weighted by atomic mass is 32.2. The summed E-state index contributed by atoms with van der Waals surface area (Å²) in [5, 5.41) is 2.75. The highest BCUT2D eigenvalue weighted by Gasteiger charge is 2.36. The maximum Gasteiger partial charge on any atom is 0.417 e. The van der Waals surface area contributed by atoms with Gasteiger partial charge in [0.15, 0.2) is 5.13 Å². The number of thiazole rings is 1. The first-order chi connectivity index (χ1) is 13.7. The molecule has 3 rings (SSSR count). The van der Waals surface area contributed by atoms with E-state index in [4.69, 9.17) is 0 Å². The van der Waals surface area contributed by atoms with Crippen molar-refractivity contribution in [3.8, 4) is 0 Å². The Balaban J connectivity index is 1.53. The predicted molar refractivity (Wildman–Crippen MR) is 102 cm³/mol. The molecule has 1 saturated heterocycles. The first-order valence-corrected chi connectivity index (χ1v) is 11.1. The van der Waals surface area contributed by atoms with Crippen LogP contribution in [0.4, 0.5) is 18.3 Å². The van der Waals surface area contributed by atoms with Gasteiger partial charge in [-0.25, -0.2) is 18.1 Å². The molecule has 1 aromatic heterocycles. The summed E-state index contributed by atoms with van der Waals surface area (Å²) in [5.74, 6) is -0.254. The predicted octanol–water partition coefficient (Wildman–Crippen LogP) is 2.18. The lowest BCUT2D eigenvalue weighted by atomic mass is 10.2. The van der Waals surface area contributed by atoms with Gasteiger partial charge in [0.05, 0.1) is 10.5 Å². The molecule has 1 fully saturated rings. The number of anilines is 1. The van der Waals surface area contributed by atoms with E-state index in [1.165, 1.54) is 17.4 Å². The van der Waals surface area contributed by atoms with Crippen molar-refractivity contribution in [3.63, 3.8) is 0 Å². The van der Waals surface area contributed by atoms with Gasteiger partial charge in [-0.05, 0) is 12.1 Å². The van der Waals surface area contributed by atoms with E-state index >= 15 is 0 Å². The second-order valence-corrected chi connectivity index (χ2v) is 8.93. The van der Waals surface area contributed by atoms with Crippen molar-refractivity contribution in [2.24, 2.45) is 0 Å². The fourth-order valence-electron chi connectivity index (χ4n) is 2.98. The number of piperazine rings is 1. The van der Waals surface area contributed by atoms with Gasteiger partial charge in [-0.2, -0.15) is 13.2 Å². The highest BCUT2D eigenvalue weighted by Crippen LogP contribution is 2.33. The minimum atomic E-state index is -4.79. The second-order valence-electron chi connectivity index (χ2n) is 6.32. The van der Waals surface area contributed by atoms with Gasteiger partial charge in [0.2, 0.25) is 15.9 Å². The van der Waals surface area contributed by atoms with Crippen molar-refractivity contribution >= 4 is 32.4 Å². The molecule has 1 amide bonds. The zero-order valence-electron chi connectivity index (χ0n) is 15.2. The van der Waals surface area contributed by atoms with Gasteiger partial charge in [0.25, 0.3) is 0 Å². The summed E-state index contributed by atoms with van der Waals surface area (Å²) < 4.78 is 65.8. The first-order valence-electron chi connectivity index (χ1n) is 8.76. The number of hydrogen-bond donors (Lipinski definition) is 1. The van der Waals surface area contributed by atoms with E-state index in [1.54, 1.807) is 11.1 Å². The average Bonchev–Trinajstić information content (AvgIpc) is 3.22. The molecule has 0 aliphatic carbocycles. The summed E-state index contributed by atoms with van der Waals surface area (Å²) in [6, 6.07) is 3.94. The Labute approximate surface area is 170 Å². The van der Waals surface area contributed by atoms with Gasteiger partial charge in [-0.1, -0.05) is 12.1 Å². The minimum absolute atomic E-state index is 0.134. The lowest BCUT2D eigenvalue weighted by Gasteiger charge is -2.34. The van der Waals surface area contributed by atoms with E-state index in [0.29, 0.717) is 32.2 Å². The van der Waals surface area contributed by atoms with Gasteiger partial charge in [0, 0.05) is 50.7 Å². The molecule has 2 aromatic rings. The zero-order chi connectivity index (χ0) is 21.1. The average molecular weight is 448 g/mol. The molecular formula is C17H19F3N4O3S2. The zero-order valence-corrected chi connectivity index (χ0v) is 16.9. The van der Waals surface area contributed by atoms with Crippen LogP contribution in [0.3, 0.4) is 0 Å². The molecular weight excluding hydrogens is 429 g/mol. The molecule has 0 radical (unpaired) electrons. The first kappa shape index (κ1) is 21.5. The monoisotopic (exact) mass is 448 g/mol. The third kappa shape index (κ3) is 5.25. The van der Waals surface area contributed by atoms with Gasteiger partial charge in [-0.3, -0.25) is 4.79 Å². The number of nitrogens with zero attached hydrogens (tertiary/aromatic N) is 3. The molecule has 1 aromatic carbocycles. The van der Waals surface area contributed by atoms with Crippen LogP contribution in [0.15, 0.2) is 40.7 Å². The highest BCUT2D eigenvalue weighted by molar-refractivity contribution is 7.89. The van der Waals surface area contributed by atoms with Gasteiger partial charge >= 0.3 is 6.18 Å². The summed E-state index contributed by atoms with van der Waals surface area (Å²) >= 11 is 1.51. The molecule has 1 aliphatic rings. The van der Waals surface area contributed by atoms with Crippen LogP contribution in [0.2, 0.25) is 0 Å². The number of aromatic nitrogens is 1. The molecule has 0 unspecified atom stereocenters. The van der Waals surface area contributed by atoms with Crippen molar-refractivity contribution in [1.29, 1.82) is 0 Å². The van der Waals surface area contributed by atoms with Crippen LogP contribution in [0.1, 0.15) is 12.0 Å². The molecule has 1 N–H and O–H groups in total. The molecule has 1 aliphatic heterocycles. The molecule has 0 bridgehead atoms. The Morgan fingerprint density at radius 1 is 1.17 bits per heavy atom. The smallest absolute Gasteiger partial charge is 0.345 e. The molecule has 0 atom stereocenters.